The summed E-state index contributed by atoms with van der Waals surface area (Å²) in [6, 6.07) is 5.28. The number of rotatable bonds is 3. The van der Waals surface area contributed by atoms with E-state index in [9.17, 15) is 4.79 Å². The van der Waals surface area contributed by atoms with E-state index in [0.29, 0.717) is 17.4 Å². The zero-order valence-electron chi connectivity index (χ0n) is 12.3. The van der Waals surface area contributed by atoms with Crippen LogP contribution < -0.4 is 11.3 Å². The number of nitrogens with two attached hydrogens (primary N) is 1. The maximum atomic E-state index is 12.5. The minimum atomic E-state index is 0.00602. The standard InChI is InChI=1S/C15H24N4O/c1-11(2)12-5-4-9-19(10-8-12)15(20)13-6-3-7-14(17-13)18-16/h3,6-7,11-12H,4-5,8-10,16H2,1-2H3,(H,17,18). The summed E-state index contributed by atoms with van der Waals surface area (Å²) in [5.74, 6) is 7.27. The van der Waals surface area contributed by atoms with Crippen molar-refractivity contribution < 1.29 is 4.79 Å². The van der Waals surface area contributed by atoms with Crippen LogP contribution in [0.2, 0.25) is 0 Å². The van der Waals surface area contributed by atoms with Crippen molar-refractivity contribution in [2.24, 2.45) is 17.7 Å². The van der Waals surface area contributed by atoms with Crippen molar-refractivity contribution in [3.63, 3.8) is 0 Å². The smallest absolute Gasteiger partial charge is 0.272 e. The summed E-state index contributed by atoms with van der Waals surface area (Å²) in [5.41, 5.74) is 2.94. The second-order valence-corrected chi connectivity index (χ2v) is 5.78. The number of hydrogen-bond acceptors (Lipinski definition) is 4. The van der Waals surface area contributed by atoms with Gasteiger partial charge >= 0.3 is 0 Å². The minimum absolute atomic E-state index is 0.00602. The Hall–Kier alpha value is -1.62. The third kappa shape index (κ3) is 3.48. The molecular weight excluding hydrogens is 252 g/mol. The fourth-order valence-electron chi connectivity index (χ4n) is 2.79. The third-order valence-corrected chi connectivity index (χ3v) is 4.12. The summed E-state index contributed by atoms with van der Waals surface area (Å²) in [4.78, 5) is 18.6. The van der Waals surface area contributed by atoms with Gasteiger partial charge in [0.1, 0.15) is 11.5 Å². The maximum Gasteiger partial charge on any atom is 0.272 e. The zero-order valence-corrected chi connectivity index (χ0v) is 12.3. The number of nitrogen functional groups attached to an aromatic ring is 1. The monoisotopic (exact) mass is 276 g/mol. The van der Waals surface area contributed by atoms with E-state index in [4.69, 9.17) is 5.84 Å². The van der Waals surface area contributed by atoms with Gasteiger partial charge in [-0.05, 0) is 43.2 Å². The van der Waals surface area contributed by atoms with Crippen molar-refractivity contribution in [2.75, 3.05) is 18.5 Å². The highest BCUT2D eigenvalue weighted by Gasteiger charge is 2.23. The molecule has 5 nitrogen and oxygen atoms in total. The van der Waals surface area contributed by atoms with Gasteiger partial charge in [-0.1, -0.05) is 19.9 Å². The largest absolute Gasteiger partial charge is 0.337 e. The first-order chi connectivity index (χ1) is 9.61. The van der Waals surface area contributed by atoms with Gasteiger partial charge in [0.15, 0.2) is 0 Å². The molecule has 1 saturated heterocycles. The first-order valence-electron chi connectivity index (χ1n) is 7.34. The Morgan fingerprint density at radius 2 is 2.20 bits per heavy atom. The molecule has 110 valence electrons. The van der Waals surface area contributed by atoms with Crippen LogP contribution in [0.3, 0.4) is 0 Å². The lowest BCUT2D eigenvalue weighted by Crippen LogP contribution is -2.33. The number of carbonyl (C=O) groups is 1. The van der Waals surface area contributed by atoms with Crippen molar-refractivity contribution in [3.8, 4) is 0 Å². The lowest BCUT2D eigenvalue weighted by atomic mass is 9.89. The number of amides is 1. The van der Waals surface area contributed by atoms with Crippen molar-refractivity contribution in [2.45, 2.75) is 33.1 Å². The van der Waals surface area contributed by atoms with Gasteiger partial charge in [-0.2, -0.15) is 0 Å². The molecule has 5 heteroatoms. The van der Waals surface area contributed by atoms with Gasteiger partial charge in [0.05, 0.1) is 0 Å². The van der Waals surface area contributed by atoms with Gasteiger partial charge in [0.2, 0.25) is 0 Å². The molecule has 2 heterocycles. The first-order valence-corrected chi connectivity index (χ1v) is 7.34. The average molecular weight is 276 g/mol. The van der Waals surface area contributed by atoms with E-state index in [1.54, 1.807) is 18.2 Å². The molecule has 0 aliphatic carbocycles. The van der Waals surface area contributed by atoms with E-state index in [1.165, 1.54) is 6.42 Å². The lowest BCUT2D eigenvalue weighted by Gasteiger charge is -2.21. The Morgan fingerprint density at radius 1 is 1.40 bits per heavy atom. The van der Waals surface area contributed by atoms with Gasteiger partial charge in [-0.25, -0.2) is 10.8 Å². The van der Waals surface area contributed by atoms with Crippen LogP contribution in [-0.2, 0) is 0 Å². The summed E-state index contributed by atoms with van der Waals surface area (Å²) in [7, 11) is 0. The number of nitrogens with one attached hydrogen (secondary N) is 1. The van der Waals surface area contributed by atoms with E-state index in [2.05, 4.69) is 24.3 Å². The summed E-state index contributed by atoms with van der Waals surface area (Å²) in [6.45, 7) is 6.17. The summed E-state index contributed by atoms with van der Waals surface area (Å²) in [6.07, 6.45) is 3.36. The molecule has 0 spiro atoms. The number of nitrogens with zero attached hydrogens (tertiary/aromatic N) is 2. The lowest BCUT2D eigenvalue weighted by molar-refractivity contribution is 0.0753. The van der Waals surface area contributed by atoms with Crippen LogP contribution in [0.5, 0.6) is 0 Å². The predicted molar refractivity (Wildman–Crippen MR) is 80.1 cm³/mol. The highest BCUT2D eigenvalue weighted by Crippen LogP contribution is 2.25. The SMILES string of the molecule is CC(C)C1CCCN(C(=O)c2cccc(NN)n2)CC1. The molecule has 3 N–H and O–H groups in total. The molecule has 1 fully saturated rings. The van der Waals surface area contributed by atoms with Gasteiger partial charge in [-0.15, -0.1) is 0 Å². The first kappa shape index (κ1) is 14.8. The third-order valence-electron chi connectivity index (χ3n) is 4.12. The molecule has 1 aliphatic rings. The number of aromatic nitrogens is 1. The van der Waals surface area contributed by atoms with Crippen LogP contribution in [-0.4, -0.2) is 28.9 Å². The molecular formula is C15H24N4O. The number of anilines is 1. The Morgan fingerprint density at radius 3 is 2.90 bits per heavy atom. The second kappa shape index (κ2) is 6.70. The molecule has 0 bridgehead atoms. The number of hydrogen-bond donors (Lipinski definition) is 2. The van der Waals surface area contributed by atoms with Gasteiger partial charge in [0, 0.05) is 13.1 Å². The zero-order chi connectivity index (χ0) is 14.5. The van der Waals surface area contributed by atoms with Crippen molar-refractivity contribution in [3.05, 3.63) is 23.9 Å². The molecule has 1 amide bonds. The fourth-order valence-corrected chi connectivity index (χ4v) is 2.79. The maximum absolute atomic E-state index is 12.5. The highest BCUT2D eigenvalue weighted by atomic mass is 16.2. The highest BCUT2D eigenvalue weighted by molar-refractivity contribution is 5.92. The van der Waals surface area contributed by atoms with E-state index < -0.39 is 0 Å². The number of hydrazine groups is 1. The summed E-state index contributed by atoms with van der Waals surface area (Å²) in [5, 5.41) is 0. The van der Waals surface area contributed by atoms with Crippen molar-refractivity contribution >= 4 is 11.7 Å². The predicted octanol–water partition coefficient (Wildman–Crippen LogP) is 2.27. The molecule has 1 aromatic rings. The van der Waals surface area contributed by atoms with E-state index in [0.717, 1.165) is 31.8 Å². The van der Waals surface area contributed by atoms with Crippen LogP contribution in [0.15, 0.2) is 18.2 Å². The van der Waals surface area contributed by atoms with Gasteiger partial charge < -0.3 is 10.3 Å². The van der Waals surface area contributed by atoms with Crippen LogP contribution in [0, 0.1) is 11.8 Å². The molecule has 1 atom stereocenters. The van der Waals surface area contributed by atoms with Crippen molar-refractivity contribution in [1.29, 1.82) is 0 Å². The molecule has 20 heavy (non-hydrogen) atoms. The van der Waals surface area contributed by atoms with Crippen LogP contribution in [0.4, 0.5) is 5.82 Å². The average Bonchev–Trinajstić information content (AvgIpc) is 2.72. The van der Waals surface area contributed by atoms with Gasteiger partial charge in [-0.3, -0.25) is 4.79 Å². The molecule has 0 radical (unpaired) electrons. The molecule has 1 unspecified atom stereocenters. The Bertz CT molecular complexity index is 461. The molecule has 1 aromatic heterocycles. The molecule has 2 rings (SSSR count). The second-order valence-electron chi connectivity index (χ2n) is 5.78. The molecule has 1 aliphatic heterocycles. The minimum Gasteiger partial charge on any atom is -0.337 e. The van der Waals surface area contributed by atoms with E-state index >= 15 is 0 Å². The van der Waals surface area contributed by atoms with Crippen LogP contribution in [0.1, 0.15) is 43.6 Å². The Kier molecular flexibility index (Phi) is 4.95. The normalized spacial score (nSPS) is 19.8. The van der Waals surface area contributed by atoms with Crippen LogP contribution in [0.25, 0.3) is 0 Å². The van der Waals surface area contributed by atoms with Gasteiger partial charge in [0.25, 0.3) is 5.91 Å². The van der Waals surface area contributed by atoms with Crippen LogP contribution >= 0.6 is 0 Å². The molecule has 0 aromatic carbocycles. The topological polar surface area (TPSA) is 71.2 Å². The quantitative estimate of drug-likeness (QED) is 0.656. The summed E-state index contributed by atoms with van der Waals surface area (Å²) < 4.78 is 0. The fraction of sp³-hybridized carbons (Fsp3) is 0.600. The number of carbonyl (C=O) groups excluding carboxylic acids is 1. The van der Waals surface area contributed by atoms with E-state index in [-0.39, 0.29) is 5.91 Å². The number of pyridine rings is 1. The molecule has 0 saturated carbocycles. The van der Waals surface area contributed by atoms with Crippen molar-refractivity contribution in [1.82, 2.24) is 9.88 Å². The Balaban J connectivity index is 2.05. The Labute approximate surface area is 120 Å². The van der Waals surface area contributed by atoms with E-state index in [1.807, 2.05) is 4.90 Å². The summed E-state index contributed by atoms with van der Waals surface area (Å²) >= 11 is 0. The number of likely N-dealkylation sites (tertiary alicyclic amines) is 1.